The zero-order chi connectivity index (χ0) is 17.6. The molecule has 2 aromatic heterocycles. The van der Waals surface area contributed by atoms with E-state index < -0.39 is 0 Å². The number of pyridine rings is 1. The molecule has 1 N–H and O–H groups in total. The van der Waals surface area contributed by atoms with Crippen molar-refractivity contribution in [2.45, 2.75) is 32.9 Å². The van der Waals surface area contributed by atoms with Crippen molar-refractivity contribution in [3.8, 4) is 0 Å². The number of thiazole rings is 1. The highest BCUT2D eigenvalue weighted by atomic mass is 32.1. The van der Waals surface area contributed by atoms with E-state index in [0.717, 1.165) is 48.7 Å². The fourth-order valence-corrected chi connectivity index (χ4v) is 3.66. The molecule has 0 spiro atoms. The van der Waals surface area contributed by atoms with Gasteiger partial charge in [0.1, 0.15) is 5.82 Å². The Morgan fingerprint density at radius 2 is 2.20 bits per heavy atom. The van der Waals surface area contributed by atoms with Crippen molar-refractivity contribution in [2.24, 2.45) is 4.99 Å². The molecule has 0 saturated carbocycles. The minimum Gasteiger partial charge on any atom is -0.357 e. The second-order valence-electron chi connectivity index (χ2n) is 6.33. The third-order valence-corrected chi connectivity index (χ3v) is 5.15. The number of aliphatic imine (C=N–C) groups is 1. The topological polar surface area (TPSA) is 56.7 Å². The fraction of sp³-hybridized carbons (Fsp3) is 0.500. The van der Waals surface area contributed by atoms with E-state index in [0.29, 0.717) is 0 Å². The van der Waals surface area contributed by atoms with Crippen molar-refractivity contribution in [1.82, 2.24) is 20.2 Å². The van der Waals surface area contributed by atoms with Crippen LogP contribution in [0.5, 0.6) is 0 Å². The van der Waals surface area contributed by atoms with E-state index in [1.807, 2.05) is 27.2 Å². The molecule has 1 fully saturated rings. The lowest BCUT2D eigenvalue weighted by molar-refractivity contribution is 0.470. The highest BCUT2D eigenvalue weighted by Crippen LogP contribution is 2.18. The predicted molar refractivity (Wildman–Crippen MR) is 104 cm³/mol. The average molecular weight is 359 g/mol. The Morgan fingerprint density at radius 3 is 2.88 bits per heavy atom. The molecular weight excluding hydrogens is 332 g/mol. The van der Waals surface area contributed by atoms with E-state index in [1.54, 1.807) is 11.3 Å². The first-order chi connectivity index (χ1) is 12.2. The molecule has 3 heterocycles. The summed E-state index contributed by atoms with van der Waals surface area (Å²) in [5.41, 5.74) is 2.30. The number of hydrogen-bond donors (Lipinski definition) is 1. The van der Waals surface area contributed by atoms with E-state index in [9.17, 15) is 0 Å². The number of aromatic nitrogens is 2. The lowest BCUT2D eigenvalue weighted by Gasteiger charge is -2.22. The third-order valence-electron chi connectivity index (χ3n) is 4.33. The Bertz CT molecular complexity index is 720. The molecule has 2 aromatic rings. The van der Waals surface area contributed by atoms with Gasteiger partial charge in [-0.3, -0.25) is 4.99 Å². The Hall–Kier alpha value is -2.15. The van der Waals surface area contributed by atoms with Crippen LogP contribution in [-0.2, 0) is 13.1 Å². The quantitative estimate of drug-likeness (QED) is 0.658. The van der Waals surface area contributed by atoms with Crippen molar-refractivity contribution in [3.63, 3.8) is 0 Å². The first-order valence-electron chi connectivity index (χ1n) is 8.68. The van der Waals surface area contributed by atoms with Gasteiger partial charge < -0.3 is 15.1 Å². The Labute approximate surface area is 153 Å². The molecule has 0 amide bonds. The van der Waals surface area contributed by atoms with Crippen molar-refractivity contribution in [2.75, 3.05) is 32.1 Å². The van der Waals surface area contributed by atoms with Crippen LogP contribution in [0, 0.1) is 6.92 Å². The van der Waals surface area contributed by atoms with Crippen molar-refractivity contribution >= 4 is 23.1 Å². The molecule has 0 radical (unpaired) electrons. The lowest BCUT2D eigenvalue weighted by Crippen LogP contribution is -2.38. The third kappa shape index (κ3) is 4.69. The number of nitrogens with zero attached hydrogens (tertiary/aromatic N) is 5. The van der Waals surface area contributed by atoms with Crippen LogP contribution >= 0.6 is 11.3 Å². The summed E-state index contributed by atoms with van der Waals surface area (Å²) >= 11 is 1.68. The van der Waals surface area contributed by atoms with E-state index in [-0.39, 0.29) is 0 Å². The van der Waals surface area contributed by atoms with Crippen LogP contribution < -0.4 is 10.2 Å². The van der Waals surface area contributed by atoms with Gasteiger partial charge in [-0.15, -0.1) is 11.3 Å². The zero-order valence-electron chi connectivity index (χ0n) is 15.2. The first kappa shape index (κ1) is 17.7. The van der Waals surface area contributed by atoms with Gasteiger partial charge in [-0.25, -0.2) is 9.97 Å². The summed E-state index contributed by atoms with van der Waals surface area (Å²) in [7, 11) is 3.85. The van der Waals surface area contributed by atoms with E-state index in [1.165, 1.54) is 18.4 Å². The summed E-state index contributed by atoms with van der Waals surface area (Å²) in [6.45, 7) is 5.74. The largest absolute Gasteiger partial charge is 0.357 e. The van der Waals surface area contributed by atoms with Crippen LogP contribution in [0.15, 0.2) is 28.7 Å². The smallest absolute Gasteiger partial charge is 0.194 e. The zero-order valence-corrected chi connectivity index (χ0v) is 16.0. The minimum atomic E-state index is 0.733. The maximum atomic E-state index is 4.52. The van der Waals surface area contributed by atoms with E-state index in [4.69, 9.17) is 0 Å². The molecule has 0 atom stereocenters. The maximum absolute atomic E-state index is 4.52. The van der Waals surface area contributed by atoms with Crippen LogP contribution in [0.3, 0.4) is 0 Å². The molecular formula is C18H26N6S. The molecule has 25 heavy (non-hydrogen) atoms. The molecule has 0 aromatic carbocycles. The normalized spacial score (nSPS) is 14.8. The molecule has 0 unspecified atom stereocenters. The Morgan fingerprint density at radius 1 is 1.40 bits per heavy atom. The van der Waals surface area contributed by atoms with Gasteiger partial charge in [0, 0.05) is 45.3 Å². The molecule has 6 nitrogen and oxygen atoms in total. The maximum Gasteiger partial charge on any atom is 0.194 e. The summed E-state index contributed by atoms with van der Waals surface area (Å²) in [5, 5.41) is 6.63. The molecule has 3 rings (SSSR count). The van der Waals surface area contributed by atoms with Gasteiger partial charge in [0.25, 0.3) is 0 Å². The SMILES string of the molecule is CN=C(NCc1ccnc(N2CCCC2)c1)N(C)Cc1csc(C)n1. The second-order valence-corrected chi connectivity index (χ2v) is 7.39. The van der Waals surface area contributed by atoms with Crippen LogP contribution in [0.4, 0.5) is 5.82 Å². The fourth-order valence-electron chi connectivity index (χ4n) is 3.05. The number of anilines is 1. The summed E-state index contributed by atoms with van der Waals surface area (Å²) < 4.78 is 0. The molecule has 0 aliphatic carbocycles. The van der Waals surface area contributed by atoms with Crippen LogP contribution in [0.1, 0.15) is 29.1 Å². The number of aryl methyl sites for hydroxylation is 1. The van der Waals surface area contributed by atoms with Gasteiger partial charge in [0.2, 0.25) is 0 Å². The number of rotatable bonds is 5. The van der Waals surface area contributed by atoms with Crippen molar-refractivity contribution < 1.29 is 0 Å². The highest BCUT2D eigenvalue weighted by Gasteiger charge is 2.14. The summed E-state index contributed by atoms with van der Waals surface area (Å²) in [5.74, 6) is 1.95. The predicted octanol–water partition coefficient (Wildman–Crippen LogP) is 2.65. The van der Waals surface area contributed by atoms with Gasteiger partial charge in [0.05, 0.1) is 17.2 Å². The van der Waals surface area contributed by atoms with Gasteiger partial charge in [-0.1, -0.05) is 0 Å². The second kappa shape index (κ2) is 8.29. The Kier molecular flexibility index (Phi) is 5.86. The molecule has 0 bridgehead atoms. The van der Waals surface area contributed by atoms with Crippen molar-refractivity contribution in [1.29, 1.82) is 0 Å². The summed E-state index contributed by atoms with van der Waals surface area (Å²) in [4.78, 5) is 17.9. The molecule has 1 saturated heterocycles. The first-order valence-corrected chi connectivity index (χ1v) is 9.56. The Balaban J connectivity index is 1.58. The minimum absolute atomic E-state index is 0.733. The average Bonchev–Trinajstić information content (AvgIpc) is 3.28. The van der Waals surface area contributed by atoms with Gasteiger partial charge in [-0.2, -0.15) is 0 Å². The van der Waals surface area contributed by atoms with Gasteiger partial charge in [0.15, 0.2) is 5.96 Å². The lowest BCUT2D eigenvalue weighted by atomic mass is 10.2. The van der Waals surface area contributed by atoms with Crippen LogP contribution in [-0.4, -0.2) is 48.0 Å². The number of guanidine groups is 1. The molecule has 1 aliphatic heterocycles. The monoisotopic (exact) mass is 358 g/mol. The standard InChI is InChI=1S/C18H26N6S/c1-14-22-16(13-25-14)12-23(3)18(19-2)21-11-15-6-7-20-17(10-15)24-8-4-5-9-24/h6-7,10,13H,4-5,8-9,11-12H2,1-3H3,(H,19,21). The molecule has 134 valence electrons. The number of nitrogens with one attached hydrogen (secondary N) is 1. The van der Waals surface area contributed by atoms with Crippen LogP contribution in [0.2, 0.25) is 0 Å². The number of hydrogen-bond acceptors (Lipinski definition) is 5. The van der Waals surface area contributed by atoms with E-state index in [2.05, 4.69) is 47.6 Å². The molecule has 1 aliphatic rings. The highest BCUT2D eigenvalue weighted by molar-refractivity contribution is 7.09. The van der Waals surface area contributed by atoms with E-state index >= 15 is 0 Å². The molecule has 7 heteroatoms. The van der Waals surface area contributed by atoms with Crippen molar-refractivity contribution in [3.05, 3.63) is 40.0 Å². The van der Waals surface area contributed by atoms with Gasteiger partial charge >= 0.3 is 0 Å². The van der Waals surface area contributed by atoms with Crippen LogP contribution in [0.25, 0.3) is 0 Å². The summed E-state index contributed by atoms with van der Waals surface area (Å²) in [6, 6.07) is 4.24. The van der Waals surface area contributed by atoms with Gasteiger partial charge in [-0.05, 0) is 37.5 Å². The summed E-state index contributed by atoms with van der Waals surface area (Å²) in [6.07, 6.45) is 4.42.